The average molecular weight is 244 g/mol. The van der Waals surface area contributed by atoms with Crippen LogP contribution >= 0.6 is 0 Å². The fourth-order valence-electron chi connectivity index (χ4n) is 1.11. The lowest BCUT2D eigenvalue weighted by molar-refractivity contribution is 0.0412. The molecule has 1 N–H and O–H groups in total. The smallest absolute Gasteiger partial charge is 0.175 e. The summed E-state index contributed by atoms with van der Waals surface area (Å²) in [5.41, 5.74) is -0.674. The molecule has 0 aromatic heterocycles. The number of sulfone groups is 1. The molecule has 0 spiro atoms. The molecule has 0 atom stereocenters. The van der Waals surface area contributed by atoms with Gasteiger partial charge in [-0.1, -0.05) is 0 Å². The van der Waals surface area contributed by atoms with E-state index in [1.165, 1.54) is 12.1 Å². The summed E-state index contributed by atoms with van der Waals surface area (Å²) in [4.78, 5) is 0.252. The molecule has 0 radical (unpaired) electrons. The summed E-state index contributed by atoms with van der Waals surface area (Å²) < 4.78 is 27.9. The van der Waals surface area contributed by atoms with Crippen LogP contribution in [0.5, 0.6) is 5.75 Å². The van der Waals surface area contributed by atoms with Crippen molar-refractivity contribution in [2.75, 3.05) is 12.9 Å². The van der Waals surface area contributed by atoms with Gasteiger partial charge in [-0.25, -0.2) is 8.42 Å². The first-order valence-corrected chi connectivity index (χ1v) is 6.74. The van der Waals surface area contributed by atoms with Crippen molar-refractivity contribution in [2.45, 2.75) is 24.3 Å². The van der Waals surface area contributed by atoms with Crippen LogP contribution in [0.3, 0.4) is 0 Å². The first-order chi connectivity index (χ1) is 7.24. The van der Waals surface area contributed by atoms with Gasteiger partial charge >= 0.3 is 0 Å². The van der Waals surface area contributed by atoms with Gasteiger partial charge in [0.25, 0.3) is 0 Å². The molecule has 0 amide bonds. The molecule has 1 aromatic rings. The Bertz CT molecular complexity index is 445. The maximum Gasteiger partial charge on any atom is 0.175 e. The zero-order valence-corrected chi connectivity index (χ0v) is 10.4. The van der Waals surface area contributed by atoms with Crippen LogP contribution in [0.2, 0.25) is 0 Å². The van der Waals surface area contributed by atoms with E-state index in [0.29, 0.717) is 5.75 Å². The standard InChI is InChI=1S/C11H16O4S/c1-11(2,8-12)15-9-4-6-10(7-5-9)16(3,13)14/h4-7,12H,8H2,1-3H3. The molecule has 0 saturated heterocycles. The van der Waals surface area contributed by atoms with Gasteiger partial charge in [-0.2, -0.15) is 0 Å². The van der Waals surface area contributed by atoms with Crippen LogP contribution in [0.4, 0.5) is 0 Å². The Morgan fingerprint density at radius 2 is 1.75 bits per heavy atom. The molecule has 0 aliphatic carbocycles. The Labute approximate surface area is 95.8 Å². The van der Waals surface area contributed by atoms with Crippen LogP contribution in [0.25, 0.3) is 0 Å². The Morgan fingerprint density at radius 3 is 2.12 bits per heavy atom. The van der Waals surface area contributed by atoms with Crippen molar-refractivity contribution in [3.05, 3.63) is 24.3 Å². The highest BCUT2D eigenvalue weighted by Crippen LogP contribution is 2.20. The van der Waals surface area contributed by atoms with E-state index in [1.807, 2.05) is 0 Å². The maximum absolute atomic E-state index is 11.2. The van der Waals surface area contributed by atoms with Crippen LogP contribution in [0.1, 0.15) is 13.8 Å². The molecule has 1 aromatic carbocycles. The van der Waals surface area contributed by atoms with Crippen LogP contribution in [-0.4, -0.2) is 32.0 Å². The molecule has 4 nitrogen and oxygen atoms in total. The number of aliphatic hydroxyl groups excluding tert-OH is 1. The van der Waals surface area contributed by atoms with Crippen LogP contribution in [-0.2, 0) is 9.84 Å². The molecule has 0 aliphatic rings. The van der Waals surface area contributed by atoms with E-state index in [1.54, 1.807) is 26.0 Å². The average Bonchev–Trinajstić information content (AvgIpc) is 2.16. The fraction of sp³-hybridized carbons (Fsp3) is 0.455. The molecule has 0 saturated carbocycles. The van der Waals surface area contributed by atoms with E-state index in [0.717, 1.165) is 6.26 Å². The van der Waals surface area contributed by atoms with E-state index < -0.39 is 15.4 Å². The largest absolute Gasteiger partial charge is 0.485 e. The van der Waals surface area contributed by atoms with E-state index in [9.17, 15) is 8.42 Å². The second-order valence-corrected chi connectivity index (χ2v) is 6.28. The molecule has 1 rings (SSSR count). The van der Waals surface area contributed by atoms with Gasteiger partial charge in [0.2, 0.25) is 0 Å². The highest BCUT2D eigenvalue weighted by Gasteiger charge is 2.18. The van der Waals surface area contributed by atoms with Crippen molar-refractivity contribution < 1.29 is 18.3 Å². The van der Waals surface area contributed by atoms with Gasteiger partial charge in [-0.15, -0.1) is 0 Å². The Morgan fingerprint density at radius 1 is 1.25 bits per heavy atom. The van der Waals surface area contributed by atoms with Crippen LogP contribution in [0, 0.1) is 0 Å². The molecule has 5 heteroatoms. The highest BCUT2D eigenvalue weighted by molar-refractivity contribution is 7.90. The van der Waals surface area contributed by atoms with Crippen molar-refractivity contribution in [1.82, 2.24) is 0 Å². The predicted molar refractivity (Wildman–Crippen MR) is 61.3 cm³/mol. The minimum atomic E-state index is -3.17. The van der Waals surface area contributed by atoms with Gasteiger partial charge in [0, 0.05) is 6.26 Å². The van der Waals surface area contributed by atoms with E-state index >= 15 is 0 Å². The van der Waals surface area contributed by atoms with E-state index in [-0.39, 0.29) is 11.5 Å². The molecule has 0 bridgehead atoms. The lowest BCUT2D eigenvalue weighted by Crippen LogP contribution is -2.32. The first-order valence-electron chi connectivity index (χ1n) is 4.85. The topological polar surface area (TPSA) is 63.6 Å². The van der Waals surface area contributed by atoms with E-state index in [4.69, 9.17) is 9.84 Å². The zero-order valence-electron chi connectivity index (χ0n) is 9.60. The second-order valence-electron chi connectivity index (χ2n) is 4.26. The fourth-order valence-corrected chi connectivity index (χ4v) is 1.74. The number of benzene rings is 1. The summed E-state index contributed by atoms with van der Waals surface area (Å²) in [7, 11) is -3.17. The van der Waals surface area contributed by atoms with Crippen molar-refractivity contribution in [3.8, 4) is 5.75 Å². The third-order valence-electron chi connectivity index (χ3n) is 2.03. The number of hydrogen-bond donors (Lipinski definition) is 1. The predicted octanol–water partition coefficient (Wildman–Crippen LogP) is 1.24. The van der Waals surface area contributed by atoms with Crippen LogP contribution < -0.4 is 4.74 Å². The number of ether oxygens (including phenoxy) is 1. The molecular weight excluding hydrogens is 228 g/mol. The summed E-state index contributed by atoms with van der Waals surface area (Å²) in [5, 5.41) is 9.02. The minimum absolute atomic E-state index is 0.110. The molecule has 0 unspecified atom stereocenters. The minimum Gasteiger partial charge on any atom is -0.485 e. The quantitative estimate of drug-likeness (QED) is 0.865. The van der Waals surface area contributed by atoms with Gasteiger partial charge in [-0.05, 0) is 38.1 Å². The van der Waals surface area contributed by atoms with Gasteiger partial charge < -0.3 is 9.84 Å². The highest BCUT2D eigenvalue weighted by atomic mass is 32.2. The van der Waals surface area contributed by atoms with Gasteiger partial charge in [0.1, 0.15) is 11.4 Å². The molecule has 0 fully saturated rings. The van der Waals surface area contributed by atoms with Crippen molar-refractivity contribution in [1.29, 1.82) is 0 Å². The monoisotopic (exact) mass is 244 g/mol. The number of aliphatic hydroxyl groups is 1. The van der Waals surface area contributed by atoms with Gasteiger partial charge in [-0.3, -0.25) is 0 Å². The first kappa shape index (κ1) is 13.0. The number of rotatable bonds is 4. The Balaban J connectivity index is 2.89. The molecule has 0 aliphatic heterocycles. The summed E-state index contributed by atoms with van der Waals surface area (Å²) >= 11 is 0. The third-order valence-corrected chi connectivity index (χ3v) is 3.16. The molecule has 0 heterocycles. The molecular formula is C11H16O4S. The van der Waals surface area contributed by atoms with Crippen LogP contribution in [0.15, 0.2) is 29.2 Å². The summed E-state index contributed by atoms with van der Waals surface area (Å²) in [6.07, 6.45) is 1.15. The lowest BCUT2D eigenvalue weighted by atomic mass is 10.1. The van der Waals surface area contributed by atoms with E-state index in [2.05, 4.69) is 0 Å². The number of hydrogen-bond acceptors (Lipinski definition) is 4. The molecule has 16 heavy (non-hydrogen) atoms. The molecule has 90 valence electrons. The van der Waals surface area contributed by atoms with Crippen molar-refractivity contribution in [3.63, 3.8) is 0 Å². The van der Waals surface area contributed by atoms with Gasteiger partial charge in [0.05, 0.1) is 11.5 Å². The normalized spacial score (nSPS) is 12.5. The summed E-state index contributed by atoms with van der Waals surface area (Å²) in [6, 6.07) is 6.12. The van der Waals surface area contributed by atoms with Gasteiger partial charge in [0.15, 0.2) is 9.84 Å². The zero-order chi connectivity index (χ0) is 12.4. The van der Waals surface area contributed by atoms with Crippen molar-refractivity contribution in [2.24, 2.45) is 0 Å². The second kappa shape index (κ2) is 4.43. The lowest BCUT2D eigenvalue weighted by Gasteiger charge is -2.23. The Kier molecular flexibility index (Phi) is 3.60. The summed E-state index contributed by atoms with van der Waals surface area (Å²) in [6.45, 7) is 3.38. The SMILES string of the molecule is CC(C)(CO)Oc1ccc(S(C)(=O)=O)cc1. The third kappa shape index (κ3) is 3.50. The maximum atomic E-state index is 11.2. The Hall–Kier alpha value is -1.07. The van der Waals surface area contributed by atoms with Crippen molar-refractivity contribution >= 4 is 9.84 Å². The summed E-state index contributed by atoms with van der Waals surface area (Å²) in [5.74, 6) is 0.534.